The van der Waals surface area contributed by atoms with Gasteiger partial charge in [-0.25, -0.2) is 9.48 Å². The molecular formula is C14H15BrN2O3. The molecule has 0 unspecified atom stereocenters. The summed E-state index contributed by atoms with van der Waals surface area (Å²) in [5, 5.41) is 4.88. The molecule has 0 saturated carbocycles. The maximum absolute atomic E-state index is 11.9. The van der Waals surface area contributed by atoms with E-state index in [1.54, 1.807) is 24.9 Å². The zero-order valence-corrected chi connectivity index (χ0v) is 12.9. The molecule has 1 aromatic heterocycles. The predicted octanol–water partition coefficient (Wildman–Crippen LogP) is 2.95. The molecule has 0 fully saturated rings. The summed E-state index contributed by atoms with van der Waals surface area (Å²) in [6.07, 6.45) is 1.68. The van der Waals surface area contributed by atoms with Crippen LogP contribution in [0.25, 0.3) is 5.69 Å². The van der Waals surface area contributed by atoms with E-state index in [9.17, 15) is 4.79 Å². The topological polar surface area (TPSA) is 53.4 Å². The minimum Gasteiger partial charge on any atom is -0.497 e. The average Bonchev–Trinajstić information content (AvgIpc) is 2.92. The van der Waals surface area contributed by atoms with Gasteiger partial charge in [-0.2, -0.15) is 5.10 Å². The first-order chi connectivity index (χ1) is 9.69. The van der Waals surface area contributed by atoms with Crippen molar-refractivity contribution in [3.8, 4) is 11.4 Å². The van der Waals surface area contributed by atoms with E-state index in [0.29, 0.717) is 23.2 Å². The summed E-state index contributed by atoms with van der Waals surface area (Å²) in [5.41, 5.74) is 1.97. The molecule has 0 atom stereocenters. The van der Waals surface area contributed by atoms with Crippen LogP contribution < -0.4 is 4.74 Å². The summed E-state index contributed by atoms with van der Waals surface area (Å²) < 4.78 is 11.8. The molecule has 0 aliphatic carbocycles. The molecule has 2 aromatic rings. The van der Waals surface area contributed by atoms with Gasteiger partial charge in [0.2, 0.25) is 0 Å². The van der Waals surface area contributed by atoms with Gasteiger partial charge in [0.1, 0.15) is 11.3 Å². The molecule has 2 rings (SSSR count). The fourth-order valence-corrected chi connectivity index (χ4v) is 2.17. The van der Waals surface area contributed by atoms with Crippen LogP contribution in [0.3, 0.4) is 0 Å². The van der Waals surface area contributed by atoms with E-state index in [0.717, 1.165) is 11.4 Å². The van der Waals surface area contributed by atoms with Crippen molar-refractivity contribution >= 4 is 21.9 Å². The van der Waals surface area contributed by atoms with E-state index in [1.807, 2.05) is 24.3 Å². The number of methoxy groups -OCH3 is 1. The molecule has 0 saturated heterocycles. The van der Waals surface area contributed by atoms with Gasteiger partial charge >= 0.3 is 5.97 Å². The maximum atomic E-state index is 11.9. The molecule has 20 heavy (non-hydrogen) atoms. The van der Waals surface area contributed by atoms with Crippen molar-refractivity contribution < 1.29 is 14.3 Å². The minimum absolute atomic E-state index is 0.342. The molecular weight excluding hydrogens is 324 g/mol. The Morgan fingerprint density at radius 2 is 2.05 bits per heavy atom. The Morgan fingerprint density at radius 1 is 1.35 bits per heavy atom. The van der Waals surface area contributed by atoms with Gasteiger partial charge in [0.25, 0.3) is 0 Å². The van der Waals surface area contributed by atoms with Crippen molar-refractivity contribution in [3.63, 3.8) is 0 Å². The minimum atomic E-state index is -0.360. The first kappa shape index (κ1) is 14.6. The second-order valence-corrected chi connectivity index (χ2v) is 4.55. The van der Waals surface area contributed by atoms with Gasteiger partial charge in [-0.3, -0.25) is 0 Å². The lowest BCUT2D eigenvalue weighted by molar-refractivity contribution is 0.0525. The molecule has 1 heterocycles. The van der Waals surface area contributed by atoms with Crippen molar-refractivity contribution in [3.05, 3.63) is 41.7 Å². The van der Waals surface area contributed by atoms with Crippen molar-refractivity contribution in [2.45, 2.75) is 12.3 Å². The second kappa shape index (κ2) is 6.56. The normalized spacial score (nSPS) is 10.3. The van der Waals surface area contributed by atoms with Gasteiger partial charge in [0, 0.05) is 11.5 Å². The van der Waals surface area contributed by atoms with E-state index >= 15 is 0 Å². The highest BCUT2D eigenvalue weighted by molar-refractivity contribution is 9.08. The summed E-state index contributed by atoms with van der Waals surface area (Å²) in [6.45, 7) is 2.12. The van der Waals surface area contributed by atoms with Crippen LogP contribution in [0.1, 0.15) is 23.0 Å². The van der Waals surface area contributed by atoms with Crippen molar-refractivity contribution in [1.82, 2.24) is 9.78 Å². The Morgan fingerprint density at radius 3 is 2.60 bits per heavy atom. The van der Waals surface area contributed by atoms with Crippen LogP contribution in [0, 0.1) is 0 Å². The number of hydrogen-bond donors (Lipinski definition) is 0. The van der Waals surface area contributed by atoms with E-state index < -0.39 is 0 Å². The molecule has 0 amide bonds. The van der Waals surface area contributed by atoms with Gasteiger partial charge in [0.15, 0.2) is 0 Å². The Labute approximate surface area is 125 Å². The number of nitrogens with zero attached hydrogens (tertiary/aromatic N) is 2. The van der Waals surface area contributed by atoms with E-state index in [1.165, 1.54) is 0 Å². The summed E-state index contributed by atoms with van der Waals surface area (Å²) in [7, 11) is 1.62. The Kier molecular flexibility index (Phi) is 4.79. The molecule has 0 radical (unpaired) electrons. The van der Waals surface area contributed by atoms with Gasteiger partial charge in [0.05, 0.1) is 25.1 Å². The van der Waals surface area contributed by atoms with E-state index in [-0.39, 0.29) is 5.97 Å². The van der Waals surface area contributed by atoms with Crippen LogP contribution >= 0.6 is 15.9 Å². The van der Waals surface area contributed by atoms with Crippen LogP contribution in [-0.4, -0.2) is 29.5 Å². The Hall–Kier alpha value is -1.82. The van der Waals surface area contributed by atoms with Crippen LogP contribution in [-0.2, 0) is 10.1 Å². The quantitative estimate of drug-likeness (QED) is 0.621. The fourth-order valence-electron chi connectivity index (χ4n) is 1.75. The highest BCUT2D eigenvalue weighted by atomic mass is 79.9. The molecule has 0 spiro atoms. The van der Waals surface area contributed by atoms with Gasteiger partial charge in [-0.15, -0.1) is 0 Å². The highest BCUT2D eigenvalue weighted by Crippen LogP contribution is 2.18. The summed E-state index contributed by atoms with van der Waals surface area (Å²) in [4.78, 5) is 11.9. The monoisotopic (exact) mass is 338 g/mol. The lowest BCUT2D eigenvalue weighted by atomic mass is 10.2. The zero-order valence-electron chi connectivity index (χ0n) is 11.3. The Balaban J connectivity index is 2.34. The Bertz CT molecular complexity index is 593. The summed E-state index contributed by atoms with van der Waals surface area (Å²) in [6, 6.07) is 7.43. The van der Waals surface area contributed by atoms with Crippen molar-refractivity contribution in [2.24, 2.45) is 0 Å². The van der Waals surface area contributed by atoms with E-state index in [4.69, 9.17) is 9.47 Å². The molecule has 0 aliphatic rings. The number of esters is 1. The van der Waals surface area contributed by atoms with Crippen LogP contribution in [0.15, 0.2) is 30.5 Å². The van der Waals surface area contributed by atoms with Gasteiger partial charge in [-0.05, 0) is 31.2 Å². The van der Waals surface area contributed by atoms with E-state index in [2.05, 4.69) is 21.0 Å². The zero-order chi connectivity index (χ0) is 14.5. The summed E-state index contributed by atoms with van der Waals surface area (Å²) >= 11 is 3.33. The van der Waals surface area contributed by atoms with Gasteiger partial charge < -0.3 is 9.47 Å². The number of aromatic nitrogens is 2. The SMILES string of the molecule is CCOC(=O)c1cn(-c2ccc(OC)cc2)nc1CBr. The number of ether oxygens (including phenoxy) is 2. The van der Waals surface area contributed by atoms with Crippen molar-refractivity contribution in [1.29, 1.82) is 0 Å². The van der Waals surface area contributed by atoms with Crippen LogP contribution in [0.2, 0.25) is 0 Å². The number of benzene rings is 1. The molecule has 0 bridgehead atoms. The molecule has 6 heteroatoms. The maximum Gasteiger partial charge on any atom is 0.341 e. The summed E-state index contributed by atoms with van der Waals surface area (Å²) in [5.74, 6) is 0.411. The van der Waals surface area contributed by atoms with Crippen LogP contribution in [0.5, 0.6) is 5.75 Å². The molecule has 106 valence electrons. The smallest absolute Gasteiger partial charge is 0.341 e. The first-order valence-electron chi connectivity index (χ1n) is 6.15. The third-order valence-corrected chi connectivity index (χ3v) is 3.28. The second-order valence-electron chi connectivity index (χ2n) is 3.99. The number of carbonyl (C=O) groups excluding carboxylic acids is 1. The number of rotatable bonds is 5. The molecule has 5 nitrogen and oxygen atoms in total. The third-order valence-electron chi connectivity index (χ3n) is 2.75. The lowest BCUT2D eigenvalue weighted by Gasteiger charge is -2.03. The number of hydrogen-bond acceptors (Lipinski definition) is 4. The van der Waals surface area contributed by atoms with Crippen molar-refractivity contribution in [2.75, 3.05) is 13.7 Å². The fraction of sp³-hybridized carbons (Fsp3) is 0.286. The lowest BCUT2D eigenvalue weighted by Crippen LogP contribution is -2.05. The number of carbonyl (C=O) groups is 1. The largest absolute Gasteiger partial charge is 0.497 e. The molecule has 0 aliphatic heterocycles. The highest BCUT2D eigenvalue weighted by Gasteiger charge is 2.17. The molecule has 1 aromatic carbocycles. The first-order valence-corrected chi connectivity index (χ1v) is 7.27. The standard InChI is InChI=1S/C14H15BrN2O3/c1-3-20-14(18)12-9-17(16-13(12)8-15)10-4-6-11(19-2)7-5-10/h4-7,9H,3,8H2,1-2H3. The molecule has 0 N–H and O–H groups in total. The van der Waals surface area contributed by atoms with Crippen LogP contribution in [0.4, 0.5) is 0 Å². The third kappa shape index (κ3) is 3.01. The average molecular weight is 339 g/mol. The predicted molar refractivity (Wildman–Crippen MR) is 78.7 cm³/mol. The number of halogens is 1. The number of alkyl halides is 1. The van der Waals surface area contributed by atoms with Gasteiger partial charge in [-0.1, -0.05) is 15.9 Å².